The summed E-state index contributed by atoms with van der Waals surface area (Å²) in [5.41, 5.74) is -0.489. The maximum atomic E-state index is 12.9. The second-order valence-electron chi connectivity index (χ2n) is 2.27. The van der Waals surface area contributed by atoms with Crippen LogP contribution >= 0.6 is 23.2 Å². The van der Waals surface area contributed by atoms with E-state index in [1.807, 2.05) is 0 Å². The Morgan fingerprint density at radius 2 is 2.00 bits per heavy atom. The average molecular weight is 225 g/mol. The van der Waals surface area contributed by atoms with E-state index in [0.29, 0.717) is 0 Å². The molecule has 0 aromatic heterocycles. The van der Waals surface area contributed by atoms with Crippen LogP contribution in [0.25, 0.3) is 0 Å². The first-order valence-electron chi connectivity index (χ1n) is 3.30. The number of halogens is 4. The van der Waals surface area contributed by atoms with E-state index in [9.17, 15) is 13.6 Å². The molecule has 0 aliphatic rings. The van der Waals surface area contributed by atoms with Crippen LogP contribution in [0.4, 0.5) is 8.78 Å². The average Bonchev–Trinajstić information content (AvgIpc) is 2.12. The van der Waals surface area contributed by atoms with Crippen molar-refractivity contribution < 1.29 is 13.6 Å². The summed E-state index contributed by atoms with van der Waals surface area (Å²) in [6, 6.07) is 2.17. The molecule has 13 heavy (non-hydrogen) atoms. The zero-order chi connectivity index (χ0) is 10.0. The first kappa shape index (κ1) is 10.4. The van der Waals surface area contributed by atoms with Crippen molar-refractivity contribution in [2.45, 2.75) is 0 Å². The molecule has 0 spiro atoms. The predicted molar refractivity (Wildman–Crippen MR) is 46.7 cm³/mol. The number of hydrogen-bond donors (Lipinski definition) is 0. The van der Waals surface area contributed by atoms with Gasteiger partial charge in [-0.15, -0.1) is 0 Å². The number of benzene rings is 1. The van der Waals surface area contributed by atoms with E-state index in [2.05, 4.69) is 0 Å². The second kappa shape index (κ2) is 4.03. The molecule has 0 unspecified atom stereocenters. The molecule has 0 atom stereocenters. The maximum absolute atomic E-state index is 12.9. The lowest BCUT2D eigenvalue weighted by Gasteiger charge is -2.03. The zero-order valence-electron chi connectivity index (χ0n) is 6.28. The molecular formula is C8H4Cl2F2O. The van der Waals surface area contributed by atoms with Gasteiger partial charge in [-0.05, 0) is 12.1 Å². The first-order valence-corrected chi connectivity index (χ1v) is 4.06. The number of rotatable bonds is 2. The number of carbonyl (C=O) groups is 1. The predicted octanol–water partition coefficient (Wildman–Crippen LogP) is 3.28. The van der Waals surface area contributed by atoms with Crippen molar-refractivity contribution >= 4 is 29.0 Å². The van der Waals surface area contributed by atoms with E-state index >= 15 is 0 Å². The van der Waals surface area contributed by atoms with E-state index in [0.717, 1.165) is 6.07 Å². The Morgan fingerprint density at radius 3 is 2.54 bits per heavy atom. The molecule has 1 aromatic carbocycles. The van der Waals surface area contributed by atoms with E-state index < -0.39 is 23.8 Å². The minimum Gasteiger partial charge on any atom is -0.291 e. The molecule has 0 fully saturated rings. The van der Waals surface area contributed by atoms with Gasteiger partial charge in [-0.1, -0.05) is 23.2 Å². The molecule has 5 heteroatoms. The molecule has 0 amide bonds. The van der Waals surface area contributed by atoms with Gasteiger partial charge in [0.1, 0.15) is 5.82 Å². The van der Waals surface area contributed by atoms with Crippen molar-refractivity contribution in [2.24, 2.45) is 0 Å². The van der Waals surface area contributed by atoms with Crippen molar-refractivity contribution in [3.63, 3.8) is 0 Å². The first-order chi connectivity index (χ1) is 6.07. The lowest BCUT2D eigenvalue weighted by atomic mass is 10.1. The highest BCUT2D eigenvalue weighted by atomic mass is 35.5. The van der Waals surface area contributed by atoms with Crippen LogP contribution in [0.5, 0.6) is 0 Å². The lowest BCUT2D eigenvalue weighted by molar-refractivity contribution is 0.0955. The van der Waals surface area contributed by atoms with Gasteiger partial charge in [0.25, 0.3) is 0 Å². The standard InChI is InChI=1S/C8H4Cl2F2O/c9-4-1-2-5(12)7(8(4)10)6(13)3-11/h1-2H,3H2. The largest absolute Gasteiger partial charge is 0.291 e. The normalized spacial score (nSPS) is 10.2. The van der Waals surface area contributed by atoms with Gasteiger partial charge >= 0.3 is 0 Å². The quantitative estimate of drug-likeness (QED) is 0.557. The topological polar surface area (TPSA) is 17.1 Å². The van der Waals surface area contributed by atoms with Crippen LogP contribution in [-0.4, -0.2) is 12.5 Å². The molecule has 0 N–H and O–H groups in total. The van der Waals surface area contributed by atoms with E-state index in [4.69, 9.17) is 23.2 Å². The Labute approximate surface area is 83.3 Å². The third-order valence-corrected chi connectivity index (χ3v) is 2.25. The van der Waals surface area contributed by atoms with Gasteiger partial charge in [0.05, 0.1) is 15.6 Å². The number of alkyl halides is 1. The van der Waals surface area contributed by atoms with Crippen molar-refractivity contribution in [1.82, 2.24) is 0 Å². The van der Waals surface area contributed by atoms with Gasteiger partial charge in [-0.25, -0.2) is 8.78 Å². The fourth-order valence-electron chi connectivity index (χ4n) is 0.849. The second-order valence-corrected chi connectivity index (χ2v) is 3.06. The molecule has 0 saturated carbocycles. The molecule has 1 nitrogen and oxygen atoms in total. The van der Waals surface area contributed by atoms with Crippen LogP contribution in [0.3, 0.4) is 0 Å². The Morgan fingerprint density at radius 1 is 1.38 bits per heavy atom. The van der Waals surface area contributed by atoms with Crippen molar-refractivity contribution in [2.75, 3.05) is 6.67 Å². The van der Waals surface area contributed by atoms with Gasteiger partial charge in [-0.3, -0.25) is 4.79 Å². The van der Waals surface area contributed by atoms with Crippen LogP contribution in [0.1, 0.15) is 10.4 Å². The van der Waals surface area contributed by atoms with Crippen molar-refractivity contribution in [3.05, 3.63) is 33.6 Å². The van der Waals surface area contributed by atoms with Crippen LogP contribution in [-0.2, 0) is 0 Å². The minimum atomic E-state index is -1.29. The van der Waals surface area contributed by atoms with Crippen LogP contribution in [0.15, 0.2) is 12.1 Å². The van der Waals surface area contributed by atoms with Crippen molar-refractivity contribution in [3.8, 4) is 0 Å². The number of Topliss-reactive ketones (excluding diaryl/α,β-unsaturated/α-hetero) is 1. The highest BCUT2D eigenvalue weighted by Crippen LogP contribution is 2.28. The number of ketones is 1. The SMILES string of the molecule is O=C(CF)c1c(F)ccc(Cl)c1Cl. The highest BCUT2D eigenvalue weighted by molar-refractivity contribution is 6.44. The lowest BCUT2D eigenvalue weighted by Crippen LogP contribution is -2.05. The summed E-state index contributed by atoms with van der Waals surface area (Å²) >= 11 is 11.0. The summed E-state index contributed by atoms with van der Waals surface area (Å²) in [5, 5.41) is -0.218. The summed E-state index contributed by atoms with van der Waals surface area (Å²) in [6.07, 6.45) is 0. The summed E-state index contributed by atoms with van der Waals surface area (Å²) in [7, 11) is 0. The molecule has 0 bridgehead atoms. The van der Waals surface area contributed by atoms with Gasteiger partial charge in [0, 0.05) is 0 Å². The molecule has 1 rings (SSSR count). The summed E-state index contributed by atoms with van der Waals surface area (Å²) in [5.74, 6) is -1.87. The molecule has 0 saturated heterocycles. The number of carbonyl (C=O) groups excluding carboxylic acids is 1. The van der Waals surface area contributed by atoms with Gasteiger partial charge < -0.3 is 0 Å². The Bertz CT molecular complexity index is 352. The van der Waals surface area contributed by atoms with Crippen LogP contribution < -0.4 is 0 Å². The Hall–Kier alpha value is -0.670. The van der Waals surface area contributed by atoms with Gasteiger partial charge in [0.2, 0.25) is 0 Å². The van der Waals surface area contributed by atoms with E-state index in [1.165, 1.54) is 6.07 Å². The molecule has 0 aliphatic heterocycles. The summed E-state index contributed by atoms with van der Waals surface area (Å²) in [4.78, 5) is 10.8. The highest BCUT2D eigenvalue weighted by Gasteiger charge is 2.17. The van der Waals surface area contributed by atoms with Crippen LogP contribution in [0.2, 0.25) is 10.0 Å². The molecule has 0 aliphatic carbocycles. The van der Waals surface area contributed by atoms with Gasteiger partial charge in [-0.2, -0.15) is 0 Å². The molecule has 0 heterocycles. The zero-order valence-corrected chi connectivity index (χ0v) is 7.79. The fourth-order valence-corrected chi connectivity index (χ4v) is 1.27. The van der Waals surface area contributed by atoms with E-state index in [1.54, 1.807) is 0 Å². The third kappa shape index (κ3) is 1.98. The Balaban J connectivity index is 3.33. The monoisotopic (exact) mass is 224 g/mol. The number of hydrogen-bond acceptors (Lipinski definition) is 1. The van der Waals surface area contributed by atoms with Crippen molar-refractivity contribution in [1.29, 1.82) is 0 Å². The fraction of sp³-hybridized carbons (Fsp3) is 0.125. The third-order valence-electron chi connectivity index (χ3n) is 1.44. The van der Waals surface area contributed by atoms with E-state index in [-0.39, 0.29) is 10.0 Å². The van der Waals surface area contributed by atoms with Gasteiger partial charge in [0.15, 0.2) is 12.5 Å². The summed E-state index contributed by atoms with van der Waals surface area (Å²) in [6.45, 7) is -1.29. The molecule has 1 aromatic rings. The smallest absolute Gasteiger partial charge is 0.198 e. The molecule has 0 radical (unpaired) electrons. The Kier molecular flexibility index (Phi) is 3.22. The molecular weight excluding hydrogens is 221 g/mol. The maximum Gasteiger partial charge on any atom is 0.198 e. The molecule has 70 valence electrons. The summed E-state index contributed by atoms with van der Waals surface area (Å²) < 4.78 is 24.9. The minimum absolute atomic E-state index is 0.0277. The van der Waals surface area contributed by atoms with Crippen LogP contribution in [0, 0.1) is 5.82 Å².